The first-order valence-electron chi connectivity index (χ1n) is 6.58. The minimum atomic E-state index is 0.714. The number of aromatic nitrogens is 1. The van der Waals surface area contributed by atoms with Gasteiger partial charge in [0, 0.05) is 23.0 Å². The summed E-state index contributed by atoms with van der Waals surface area (Å²) in [7, 11) is 2.09. The Labute approximate surface area is 107 Å². The number of nitrogens with zero attached hydrogens (tertiary/aromatic N) is 2. The number of nitrogens with one attached hydrogen (secondary N) is 1. The molecule has 17 heavy (non-hydrogen) atoms. The maximum Gasteiger partial charge on any atom is 0.186 e. The van der Waals surface area contributed by atoms with Crippen molar-refractivity contribution in [1.82, 2.24) is 10.3 Å². The van der Waals surface area contributed by atoms with Crippen molar-refractivity contribution < 1.29 is 0 Å². The first-order chi connectivity index (χ1) is 8.19. The summed E-state index contributed by atoms with van der Waals surface area (Å²) < 4.78 is 0. The average molecular weight is 251 g/mol. The highest BCUT2D eigenvalue weighted by molar-refractivity contribution is 7.15. The number of hydrogen-bond acceptors (Lipinski definition) is 4. The molecular weight excluding hydrogens is 230 g/mol. The van der Waals surface area contributed by atoms with E-state index in [-0.39, 0.29) is 0 Å². The maximum absolute atomic E-state index is 4.75. The fraction of sp³-hybridized carbons (Fsp3) is 0.769. The van der Waals surface area contributed by atoms with Crippen molar-refractivity contribution >= 4 is 16.5 Å². The molecule has 0 spiro atoms. The van der Waals surface area contributed by atoms with E-state index in [2.05, 4.69) is 31.1 Å². The van der Waals surface area contributed by atoms with Crippen LogP contribution in [-0.2, 0) is 0 Å². The molecule has 4 heteroatoms. The second-order valence-electron chi connectivity index (χ2n) is 5.39. The van der Waals surface area contributed by atoms with Gasteiger partial charge in [-0.15, -0.1) is 11.3 Å². The summed E-state index contributed by atoms with van der Waals surface area (Å²) in [4.78, 5) is 8.73. The van der Waals surface area contributed by atoms with Crippen LogP contribution in [0.4, 0.5) is 5.13 Å². The summed E-state index contributed by atoms with van der Waals surface area (Å²) in [6.45, 7) is 4.30. The van der Waals surface area contributed by atoms with E-state index in [1.165, 1.54) is 41.4 Å². The van der Waals surface area contributed by atoms with E-state index in [0.717, 1.165) is 12.1 Å². The van der Waals surface area contributed by atoms with Crippen LogP contribution in [0.3, 0.4) is 0 Å². The van der Waals surface area contributed by atoms with E-state index >= 15 is 0 Å². The van der Waals surface area contributed by atoms with Crippen molar-refractivity contribution in [3.8, 4) is 0 Å². The molecule has 94 valence electrons. The van der Waals surface area contributed by atoms with Crippen molar-refractivity contribution in [3.63, 3.8) is 0 Å². The molecule has 0 aliphatic carbocycles. The molecule has 2 aliphatic rings. The Morgan fingerprint density at radius 3 is 2.35 bits per heavy atom. The van der Waals surface area contributed by atoms with Crippen molar-refractivity contribution in [2.24, 2.45) is 0 Å². The van der Waals surface area contributed by atoms with Crippen LogP contribution in [-0.4, -0.2) is 30.2 Å². The predicted octanol–water partition coefficient (Wildman–Crippen LogP) is 2.48. The molecule has 3 nitrogen and oxygen atoms in total. The summed E-state index contributed by atoms with van der Waals surface area (Å²) in [6, 6.07) is 2.15. The molecular formula is C13H21N3S. The third-order valence-corrected chi connectivity index (χ3v) is 5.47. The third-order valence-electron chi connectivity index (χ3n) is 4.38. The Balaban J connectivity index is 1.85. The molecule has 0 saturated carbocycles. The van der Waals surface area contributed by atoms with Crippen LogP contribution in [0, 0.1) is 13.8 Å². The van der Waals surface area contributed by atoms with Gasteiger partial charge in [0.05, 0.1) is 5.69 Å². The molecule has 2 saturated heterocycles. The molecule has 2 unspecified atom stereocenters. The normalized spacial score (nSPS) is 32.2. The Kier molecular flexibility index (Phi) is 2.87. The van der Waals surface area contributed by atoms with Gasteiger partial charge in [0.2, 0.25) is 0 Å². The average Bonchev–Trinajstić information content (AvgIpc) is 2.77. The lowest BCUT2D eigenvalue weighted by atomic mass is 9.98. The molecule has 2 fully saturated rings. The topological polar surface area (TPSA) is 28.2 Å². The fourth-order valence-electron chi connectivity index (χ4n) is 3.29. The van der Waals surface area contributed by atoms with Gasteiger partial charge in [-0.05, 0) is 46.6 Å². The number of thiazole rings is 1. The summed E-state index contributed by atoms with van der Waals surface area (Å²) in [5, 5.41) is 4.72. The predicted molar refractivity (Wildman–Crippen MR) is 73.0 cm³/mol. The number of hydrogen-bond donors (Lipinski definition) is 1. The number of aryl methyl sites for hydroxylation is 2. The lowest BCUT2D eigenvalue weighted by Gasteiger charge is -2.38. The number of fused-ring (bicyclic) bond motifs is 2. The highest BCUT2D eigenvalue weighted by Crippen LogP contribution is 2.41. The van der Waals surface area contributed by atoms with Crippen LogP contribution in [0.2, 0.25) is 0 Å². The van der Waals surface area contributed by atoms with Crippen molar-refractivity contribution in [1.29, 1.82) is 0 Å². The molecule has 0 amide bonds. The van der Waals surface area contributed by atoms with Crippen LogP contribution in [0.5, 0.6) is 0 Å². The SMILES string of the molecule is CNC1CC2CCC(C1)N2c1nc(C)c(C)s1. The molecule has 1 aromatic heterocycles. The fourth-order valence-corrected chi connectivity index (χ4v) is 4.34. The van der Waals surface area contributed by atoms with E-state index in [4.69, 9.17) is 4.98 Å². The maximum atomic E-state index is 4.75. The zero-order valence-electron chi connectivity index (χ0n) is 10.9. The quantitative estimate of drug-likeness (QED) is 0.875. The molecule has 3 heterocycles. The van der Waals surface area contributed by atoms with Gasteiger partial charge in [0.1, 0.15) is 0 Å². The lowest BCUT2D eigenvalue weighted by Crippen LogP contribution is -2.48. The van der Waals surface area contributed by atoms with Crippen LogP contribution in [0.25, 0.3) is 0 Å². The summed E-state index contributed by atoms with van der Waals surface area (Å²) in [6.07, 6.45) is 5.26. The van der Waals surface area contributed by atoms with Crippen LogP contribution < -0.4 is 10.2 Å². The molecule has 2 aliphatic heterocycles. The van der Waals surface area contributed by atoms with E-state index < -0.39 is 0 Å². The highest BCUT2D eigenvalue weighted by atomic mass is 32.1. The molecule has 2 atom stereocenters. The second kappa shape index (κ2) is 4.25. The molecule has 1 aromatic rings. The number of anilines is 1. The van der Waals surface area contributed by atoms with Gasteiger partial charge in [-0.2, -0.15) is 0 Å². The standard InChI is InChI=1S/C13H21N3S/c1-8-9(2)17-13(15-8)16-11-4-5-12(16)7-10(6-11)14-3/h10-12,14H,4-7H2,1-3H3. The van der Waals surface area contributed by atoms with E-state index in [0.29, 0.717) is 6.04 Å². The minimum absolute atomic E-state index is 0.714. The Morgan fingerprint density at radius 2 is 1.88 bits per heavy atom. The summed E-state index contributed by atoms with van der Waals surface area (Å²) in [5.41, 5.74) is 1.21. The largest absolute Gasteiger partial charge is 0.342 e. The number of rotatable bonds is 2. The Morgan fingerprint density at radius 1 is 1.24 bits per heavy atom. The zero-order valence-corrected chi connectivity index (χ0v) is 11.7. The van der Waals surface area contributed by atoms with Crippen molar-refractivity contribution in [2.45, 2.75) is 57.7 Å². The molecule has 0 aromatic carbocycles. The van der Waals surface area contributed by atoms with E-state index in [1.54, 1.807) is 0 Å². The monoisotopic (exact) mass is 251 g/mol. The van der Waals surface area contributed by atoms with Gasteiger partial charge in [-0.3, -0.25) is 0 Å². The van der Waals surface area contributed by atoms with Gasteiger partial charge in [0.25, 0.3) is 0 Å². The molecule has 1 N–H and O–H groups in total. The molecule has 2 bridgehead atoms. The zero-order chi connectivity index (χ0) is 12.0. The molecule has 0 radical (unpaired) electrons. The summed E-state index contributed by atoms with van der Waals surface area (Å²) >= 11 is 1.87. The van der Waals surface area contributed by atoms with E-state index in [9.17, 15) is 0 Å². The van der Waals surface area contributed by atoms with Gasteiger partial charge in [-0.1, -0.05) is 0 Å². The van der Waals surface area contributed by atoms with E-state index in [1.807, 2.05) is 11.3 Å². The van der Waals surface area contributed by atoms with Crippen molar-refractivity contribution in [3.05, 3.63) is 10.6 Å². The third kappa shape index (κ3) is 1.87. The lowest BCUT2D eigenvalue weighted by molar-refractivity contribution is 0.373. The van der Waals surface area contributed by atoms with Gasteiger partial charge in [-0.25, -0.2) is 4.98 Å². The second-order valence-corrected chi connectivity index (χ2v) is 6.57. The first kappa shape index (κ1) is 11.5. The Bertz CT molecular complexity index is 381. The van der Waals surface area contributed by atoms with Gasteiger partial charge >= 0.3 is 0 Å². The van der Waals surface area contributed by atoms with Crippen LogP contribution >= 0.6 is 11.3 Å². The highest BCUT2D eigenvalue weighted by Gasteiger charge is 2.41. The smallest absolute Gasteiger partial charge is 0.186 e. The van der Waals surface area contributed by atoms with Crippen LogP contribution in [0.15, 0.2) is 0 Å². The van der Waals surface area contributed by atoms with Gasteiger partial charge < -0.3 is 10.2 Å². The van der Waals surface area contributed by atoms with Crippen LogP contribution in [0.1, 0.15) is 36.3 Å². The van der Waals surface area contributed by atoms with Gasteiger partial charge in [0.15, 0.2) is 5.13 Å². The first-order valence-corrected chi connectivity index (χ1v) is 7.40. The minimum Gasteiger partial charge on any atom is -0.342 e. The summed E-state index contributed by atoms with van der Waals surface area (Å²) in [5.74, 6) is 0. The van der Waals surface area contributed by atoms with Crippen molar-refractivity contribution in [2.75, 3.05) is 11.9 Å². The molecule has 3 rings (SSSR count). The Hall–Kier alpha value is -0.610. The number of piperidine rings is 1.